The molecule has 2 aromatic heterocycles. The maximum Gasteiger partial charge on any atom is 0.126 e. The Morgan fingerprint density at radius 1 is 1.22 bits per heavy atom. The minimum Gasteiger partial charge on any atom is -0.396 e. The lowest BCUT2D eigenvalue weighted by atomic mass is 9.85. The Morgan fingerprint density at radius 3 is 2.56 bits per heavy atom. The molecule has 0 atom stereocenters. The summed E-state index contributed by atoms with van der Waals surface area (Å²) >= 11 is 3.58. The fraction of sp³-hybridized carbons (Fsp3) is 0.364. The summed E-state index contributed by atoms with van der Waals surface area (Å²) in [4.78, 5) is 4.30. The summed E-state index contributed by atoms with van der Waals surface area (Å²) in [5.74, 6) is 0. The molecular formula is C22H24BrN3O. The van der Waals surface area contributed by atoms with Gasteiger partial charge in [0, 0.05) is 34.4 Å². The molecule has 0 saturated heterocycles. The molecule has 3 aromatic rings. The van der Waals surface area contributed by atoms with E-state index in [1.807, 2.05) is 44.3 Å². The molecule has 1 N–H and O–H groups in total. The molecule has 0 amide bonds. The molecule has 0 fully saturated rings. The molecule has 3 rings (SSSR count). The van der Waals surface area contributed by atoms with Crippen LogP contribution >= 0.6 is 15.9 Å². The lowest BCUT2D eigenvalue weighted by molar-refractivity contribution is 0.160. The number of aliphatic hydroxyl groups excluding tert-OH is 1. The monoisotopic (exact) mass is 425 g/mol. The number of fused-ring (bicyclic) bond motifs is 1. The molecule has 0 bridgehead atoms. The molecule has 0 aliphatic rings. The van der Waals surface area contributed by atoms with Crippen molar-refractivity contribution < 1.29 is 5.11 Å². The Morgan fingerprint density at radius 2 is 1.96 bits per heavy atom. The van der Waals surface area contributed by atoms with E-state index in [9.17, 15) is 10.4 Å². The van der Waals surface area contributed by atoms with E-state index < -0.39 is 5.54 Å². The van der Waals surface area contributed by atoms with Gasteiger partial charge in [-0.1, -0.05) is 29.8 Å². The van der Waals surface area contributed by atoms with Crippen LogP contribution in [0.25, 0.3) is 22.2 Å². The largest absolute Gasteiger partial charge is 0.396 e. The fourth-order valence-electron chi connectivity index (χ4n) is 3.48. The third-order valence-corrected chi connectivity index (χ3v) is 5.38. The van der Waals surface area contributed by atoms with Gasteiger partial charge in [0.25, 0.3) is 0 Å². The van der Waals surface area contributed by atoms with E-state index in [4.69, 9.17) is 0 Å². The van der Waals surface area contributed by atoms with Gasteiger partial charge in [-0.15, -0.1) is 0 Å². The Hall–Kier alpha value is -2.16. The summed E-state index contributed by atoms with van der Waals surface area (Å²) in [7, 11) is 0. The molecule has 140 valence electrons. The van der Waals surface area contributed by atoms with Crippen LogP contribution in [0.4, 0.5) is 0 Å². The summed E-state index contributed by atoms with van der Waals surface area (Å²) in [6.45, 7) is 8.04. The number of aromatic nitrogens is 2. The van der Waals surface area contributed by atoms with Crippen molar-refractivity contribution >= 4 is 26.8 Å². The number of nitrogens with zero attached hydrogens (tertiary/aromatic N) is 3. The molecule has 0 aliphatic heterocycles. The van der Waals surface area contributed by atoms with Crippen molar-refractivity contribution in [3.05, 3.63) is 52.8 Å². The molecule has 27 heavy (non-hydrogen) atoms. The second kappa shape index (κ2) is 7.10. The molecule has 0 radical (unpaired) electrons. The predicted molar refractivity (Wildman–Crippen MR) is 112 cm³/mol. The third kappa shape index (κ3) is 3.65. The van der Waals surface area contributed by atoms with Gasteiger partial charge < -0.3 is 9.67 Å². The minimum absolute atomic E-state index is 0.0851. The lowest BCUT2D eigenvalue weighted by Crippen LogP contribution is -2.25. The SMILES string of the molecule is CC(C)(CO)Cc1c(-c2cccnc2)n(C(C)(C)C#N)c2ccc(Br)cc12. The first-order valence-electron chi connectivity index (χ1n) is 8.96. The number of hydrogen-bond acceptors (Lipinski definition) is 3. The van der Waals surface area contributed by atoms with Crippen LogP contribution in [0.5, 0.6) is 0 Å². The standard InChI is InChI=1S/C22H24BrN3O/c1-21(2,14-27)11-18-17-10-16(23)7-8-19(17)26(22(3,4)13-24)20(18)15-6-5-9-25-12-15/h5-10,12,27H,11,14H2,1-4H3. The molecule has 0 spiro atoms. The number of nitriles is 1. The highest BCUT2D eigenvalue weighted by Crippen LogP contribution is 2.41. The van der Waals surface area contributed by atoms with Crippen molar-refractivity contribution in [2.24, 2.45) is 5.41 Å². The van der Waals surface area contributed by atoms with E-state index >= 15 is 0 Å². The number of benzene rings is 1. The van der Waals surface area contributed by atoms with Crippen LogP contribution in [-0.4, -0.2) is 21.3 Å². The third-order valence-electron chi connectivity index (χ3n) is 4.89. The van der Waals surface area contributed by atoms with Crippen molar-refractivity contribution in [1.82, 2.24) is 9.55 Å². The number of hydrogen-bond donors (Lipinski definition) is 1. The lowest BCUT2D eigenvalue weighted by Gasteiger charge is -2.25. The van der Waals surface area contributed by atoms with E-state index in [1.54, 1.807) is 6.20 Å². The number of aliphatic hydroxyl groups is 1. The highest BCUT2D eigenvalue weighted by atomic mass is 79.9. The van der Waals surface area contributed by atoms with E-state index in [0.29, 0.717) is 6.42 Å². The molecule has 0 unspecified atom stereocenters. The van der Waals surface area contributed by atoms with Gasteiger partial charge in [0.05, 0.1) is 17.3 Å². The first-order chi connectivity index (χ1) is 12.7. The van der Waals surface area contributed by atoms with Gasteiger partial charge in [-0.05, 0) is 61.6 Å². The van der Waals surface area contributed by atoms with Gasteiger partial charge in [0.1, 0.15) is 5.54 Å². The van der Waals surface area contributed by atoms with Crippen LogP contribution in [0.3, 0.4) is 0 Å². The van der Waals surface area contributed by atoms with Gasteiger partial charge in [-0.2, -0.15) is 5.26 Å². The number of halogens is 1. The first kappa shape index (κ1) is 19.6. The van der Waals surface area contributed by atoms with Crippen molar-refractivity contribution in [2.75, 3.05) is 6.61 Å². The summed E-state index contributed by atoms with van der Waals surface area (Å²) < 4.78 is 3.09. The van der Waals surface area contributed by atoms with Crippen molar-refractivity contribution in [3.63, 3.8) is 0 Å². The van der Waals surface area contributed by atoms with E-state index in [1.165, 1.54) is 0 Å². The fourth-order valence-corrected chi connectivity index (χ4v) is 3.84. The van der Waals surface area contributed by atoms with Crippen LogP contribution in [0.1, 0.15) is 33.3 Å². The molecule has 2 heterocycles. The number of pyridine rings is 1. The van der Waals surface area contributed by atoms with Crippen LogP contribution < -0.4 is 0 Å². The Labute approximate surface area is 168 Å². The molecule has 1 aromatic carbocycles. The highest BCUT2D eigenvalue weighted by Gasteiger charge is 2.31. The Balaban J connectivity index is 2.47. The van der Waals surface area contributed by atoms with Crippen molar-refractivity contribution in [1.29, 1.82) is 5.26 Å². The van der Waals surface area contributed by atoms with Gasteiger partial charge in [-0.25, -0.2) is 0 Å². The van der Waals surface area contributed by atoms with E-state index in [-0.39, 0.29) is 12.0 Å². The highest BCUT2D eigenvalue weighted by molar-refractivity contribution is 9.10. The van der Waals surface area contributed by atoms with E-state index in [0.717, 1.165) is 32.2 Å². The van der Waals surface area contributed by atoms with Gasteiger partial charge >= 0.3 is 0 Å². The molecule has 0 aliphatic carbocycles. The first-order valence-corrected chi connectivity index (χ1v) is 9.75. The average molecular weight is 426 g/mol. The summed E-state index contributed by atoms with van der Waals surface area (Å²) in [6, 6.07) is 12.5. The topological polar surface area (TPSA) is 61.8 Å². The summed E-state index contributed by atoms with van der Waals surface area (Å²) in [6.07, 6.45) is 4.28. The van der Waals surface area contributed by atoms with Gasteiger partial charge in [0.15, 0.2) is 0 Å². The average Bonchev–Trinajstić information content (AvgIpc) is 2.96. The second-order valence-corrected chi connectivity index (χ2v) is 9.15. The summed E-state index contributed by atoms with van der Waals surface area (Å²) in [5, 5.41) is 20.9. The second-order valence-electron chi connectivity index (χ2n) is 8.24. The van der Waals surface area contributed by atoms with Crippen molar-refractivity contribution in [3.8, 4) is 17.3 Å². The normalized spacial score (nSPS) is 12.3. The van der Waals surface area contributed by atoms with E-state index in [2.05, 4.69) is 51.5 Å². The zero-order chi connectivity index (χ0) is 19.8. The van der Waals surface area contributed by atoms with Crippen LogP contribution in [0.2, 0.25) is 0 Å². The van der Waals surface area contributed by atoms with Crippen LogP contribution in [-0.2, 0) is 12.0 Å². The smallest absolute Gasteiger partial charge is 0.126 e. The van der Waals surface area contributed by atoms with Gasteiger partial charge in [-0.3, -0.25) is 4.98 Å². The van der Waals surface area contributed by atoms with Crippen molar-refractivity contribution in [2.45, 2.75) is 39.7 Å². The van der Waals surface area contributed by atoms with Gasteiger partial charge in [0.2, 0.25) is 0 Å². The maximum absolute atomic E-state index is 9.89. The molecule has 0 saturated carbocycles. The number of rotatable bonds is 5. The molecule has 5 heteroatoms. The summed E-state index contributed by atoms with van der Waals surface area (Å²) in [5.41, 5.74) is 3.07. The van der Waals surface area contributed by atoms with Crippen LogP contribution in [0, 0.1) is 16.7 Å². The molecule has 4 nitrogen and oxygen atoms in total. The quantitative estimate of drug-likeness (QED) is 0.604. The Kier molecular flexibility index (Phi) is 5.16. The molecular weight excluding hydrogens is 402 g/mol. The zero-order valence-corrected chi connectivity index (χ0v) is 17.7. The maximum atomic E-state index is 9.89. The zero-order valence-electron chi connectivity index (χ0n) is 16.1. The Bertz CT molecular complexity index is 1010. The van der Waals surface area contributed by atoms with Crippen LogP contribution in [0.15, 0.2) is 47.2 Å². The minimum atomic E-state index is -0.737. The predicted octanol–water partition coefficient (Wildman–Crippen LogP) is 5.29.